The number of fused-ring (bicyclic) bond motifs is 2. The van der Waals surface area contributed by atoms with Crippen LogP contribution in [-0.2, 0) is 11.2 Å². The Hall–Kier alpha value is -1.52. The number of hydrogen-bond acceptors (Lipinski definition) is 3. The summed E-state index contributed by atoms with van der Waals surface area (Å²) in [7, 11) is 0. The summed E-state index contributed by atoms with van der Waals surface area (Å²) < 4.78 is 5.72. The average molecular weight is 335 g/mol. The average Bonchev–Trinajstić information content (AvgIpc) is 3.17. The molecule has 124 valence electrons. The number of amides is 1. The molecule has 4 rings (SSSR count). The van der Waals surface area contributed by atoms with Crippen molar-refractivity contribution in [3.05, 3.63) is 35.1 Å². The first-order chi connectivity index (χ1) is 10.6. The van der Waals surface area contributed by atoms with Gasteiger partial charge < -0.3 is 14.6 Å². The maximum absolute atomic E-state index is 12.6. The van der Waals surface area contributed by atoms with E-state index in [0.29, 0.717) is 18.3 Å². The van der Waals surface area contributed by atoms with Gasteiger partial charge in [-0.25, -0.2) is 0 Å². The van der Waals surface area contributed by atoms with Crippen LogP contribution in [0.25, 0.3) is 11.0 Å². The molecule has 0 bridgehead atoms. The molecule has 2 atom stereocenters. The van der Waals surface area contributed by atoms with Crippen molar-refractivity contribution in [1.29, 1.82) is 0 Å². The van der Waals surface area contributed by atoms with Crippen LogP contribution < -0.4 is 5.32 Å². The SMILES string of the molecule is Cc1ccc2c(CC(=O)N3C[C@H]4CNC[C@H]4C3)coc2c1C.Cl. The van der Waals surface area contributed by atoms with Crippen LogP contribution in [0, 0.1) is 25.7 Å². The van der Waals surface area contributed by atoms with Gasteiger partial charge in [-0.1, -0.05) is 12.1 Å². The van der Waals surface area contributed by atoms with E-state index in [1.165, 1.54) is 5.56 Å². The van der Waals surface area contributed by atoms with Gasteiger partial charge in [0.2, 0.25) is 5.91 Å². The predicted octanol–water partition coefficient (Wildman–Crippen LogP) is 2.69. The fourth-order valence-corrected chi connectivity index (χ4v) is 3.86. The molecule has 0 aliphatic carbocycles. The van der Waals surface area contributed by atoms with Gasteiger partial charge in [0, 0.05) is 37.1 Å². The summed E-state index contributed by atoms with van der Waals surface area (Å²) in [6, 6.07) is 4.18. The molecule has 2 aromatic rings. The lowest BCUT2D eigenvalue weighted by molar-refractivity contribution is -0.129. The normalized spacial score (nSPS) is 23.1. The van der Waals surface area contributed by atoms with Crippen molar-refractivity contribution < 1.29 is 9.21 Å². The van der Waals surface area contributed by atoms with E-state index >= 15 is 0 Å². The number of furan rings is 1. The van der Waals surface area contributed by atoms with Crippen LogP contribution in [0.3, 0.4) is 0 Å². The van der Waals surface area contributed by atoms with E-state index in [-0.39, 0.29) is 18.3 Å². The molecule has 3 heterocycles. The fraction of sp³-hybridized carbons (Fsp3) is 0.500. The second kappa shape index (κ2) is 6.17. The molecular weight excluding hydrogens is 312 g/mol. The van der Waals surface area contributed by atoms with Gasteiger partial charge in [0.1, 0.15) is 5.58 Å². The molecule has 1 amide bonds. The van der Waals surface area contributed by atoms with E-state index in [4.69, 9.17) is 4.42 Å². The topological polar surface area (TPSA) is 45.5 Å². The van der Waals surface area contributed by atoms with E-state index in [1.807, 2.05) is 4.90 Å². The van der Waals surface area contributed by atoms with Gasteiger partial charge in [-0.05, 0) is 36.8 Å². The maximum atomic E-state index is 12.6. The van der Waals surface area contributed by atoms with Crippen molar-refractivity contribution in [2.75, 3.05) is 26.2 Å². The van der Waals surface area contributed by atoms with Crippen LogP contribution >= 0.6 is 12.4 Å². The smallest absolute Gasteiger partial charge is 0.227 e. The second-order valence-corrected chi connectivity index (χ2v) is 6.80. The number of carbonyl (C=O) groups excluding carboxylic acids is 1. The van der Waals surface area contributed by atoms with Crippen molar-refractivity contribution in [3.63, 3.8) is 0 Å². The Labute approximate surface area is 142 Å². The van der Waals surface area contributed by atoms with Crippen LogP contribution in [0.2, 0.25) is 0 Å². The van der Waals surface area contributed by atoms with Gasteiger partial charge >= 0.3 is 0 Å². The molecule has 2 aliphatic rings. The molecule has 4 nitrogen and oxygen atoms in total. The Morgan fingerprint density at radius 1 is 1.26 bits per heavy atom. The zero-order valence-corrected chi connectivity index (χ0v) is 14.4. The molecule has 2 fully saturated rings. The molecule has 1 N–H and O–H groups in total. The minimum Gasteiger partial charge on any atom is -0.464 e. The third-order valence-electron chi connectivity index (χ3n) is 5.43. The van der Waals surface area contributed by atoms with Gasteiger partial charge in [0.05, 0.1) is 12.7 Å². The largest absolute Gasteiger partial charge is 0.464 e. The molecule has 1 aromatic carbocycles. The quantitative estimate of drug-likeness (QED) is 0.918. The summed E-state index contributed by atoms with van der Waals surface area (Å²) >= 11 is 0. The summed E-state index contributed by atoms with van der Waals surface area (Å²) in [5.74, 6) is 1.53. The number of hydrogen-bond donors (Lipinski definition) is 1. The molecule has 5 heteroatoms. The van der Waals surface area contributed by atoms with Crippen molar-refractivity contribution >= 4 is 29.3 Å². The third kappa shape index (κ3) is 2.74. The summed E-state index contributed by atoms with van der Waals surface area (Å²) in [5, 5.41) is 4.49. The number of rotatable bonds is 2. The first-order valence-corrected chi connectivity index (χ1v) is 8.08. The standard InChI is InChI=1S/C18H22N2O2.ClH/c1-11-3-4-16-13(10-22-18(16)12(11)2)5-17(21)20-8-14-6-19-7-15(14)9-20;/h3-4,10,14-15,19H,5-9H2,1-2H3;1H/t14-,15+;. The molecule has 23 heavy (non-hydrogen) atoms. The highest BCUT2D eigenvalue weighted by Crippen LogP contribution is 2.29. The summed E-state index contributed by atoms with van der Waals surface area (Å²) in [6.45, 7) is 8.08. The van der Waals surface area contributed by atoms with Gasteiger partial charge in [0.15, 0.2) is 0 Å². The monoisotopic (exact) mass is 334 g/mol. The minimum absolute atomic E-state index is 0. The molecule has 2 aliphatic heterocycles. The number of halogens is 1. The lowest BCUT2D eigenvalue weighted by Crippen LogP contribution is -2.32. The first kappa shape index (κ1) is 16.3. The van der Waals surface area contributed by atoms with Crippen molar-refractivity contribution in [2.24, 2.45) is 11.8 Å². The van der Waals surface area contributed by atoms with E-state index in [2.05, 4.69) is 31.3 Å². The van der Waals surface area contributed by atoms with E-state index < -0.39 is 0 Å². The lowest BCUT2D eigenvalue weighted by atomic mass is 10.0. The highest BCUT2D eigenvalue weighted by Gasteiger charge is 2.37. The lowest BCUT2D eigenvalue weighted by Gasteiger charge is -2.17. The van der Waals surface area contributed by atoms with Gasteiger partial charge in [-0.2, -0.15) is 0 Å². The van der Waals surface area contributed by atoms with Crippen LogP contribution in [0.4, 0.5) is 0 Å². The highest BCUT2D eigenvalue weighted by atomic mass is 35.5. The zero-order valence-electron chi connectivity index (χ0n) is 13.6. The van der Waals surface area contributed by atoms with Crippen molar-refractivity contribution in [2.45, 2.75) is 20.3 Å². The number of nitrogens with one attached hydrogen (secondary N) is 1. The van der Waals surface area contributed by atoms with Crippen LogP contribution in [0.5, 0.6) is 0 Å². The molecule has 2 saturated heterocycles. The summed E-state index contributed by atoms with van der Waals surface area (Å²) in [5.41, 5.74) is 4.32. The molecule has 0 saturated carbocycles. The Morgan fingerprint density at radius 3 is 2.65 bits per heavy atom. The van der Waals surface area contributed by atoms with E-state index in [1.54, 1.807) is 6.26 Å². The third-order valence-corrected chi connectivity index (χ3v) is 5.43. The van der Waals surface area contributed by atoms with Crippen LogP contribution in [0.15, 0.2) is 22.8 Å². The Morgan fingerprint density at radius 2 is 1.96 bits per heavy atom. The molecule has 0 spiro atoms. The molecular formula is C18H23ClN2O2. The fourth-order valence-electron chi connectivity index (χ4n) is 3.86. The van der Waals surface area contributed by atoms with Gasteiger partial charge in [-0.15, -0.1) is 12.4 Å². The Balaban J connectivity index is 0.00000156. The van der Waals surface area contributed by atoms with Gasteiger partial charge in [0.25, 0.3) is 0 Å². The van der Waals surface area contributed by atoms with Crippen LogP contribution in [-0.4, -0.2) is 37.0 Å². The Bertz CT molecular complexity index is 728. The predicted molar refractivity (Wildman–Crippen MR) is 93.1 cm³/mol. The Kier molecular flexibility index (Phi) is 4.39. The maximum Gasteiger partial charge on any atom is 0.227 e. The first-order valence-electron chi connectivity index (χ1n) is 8.08. The van der Waals surface area contributed by atoms with Crippen molar-refractivity contribution in [1.82, 2.24) is 10.2 Å². The van der Waals surface area contributed by atoms with Gasteiger partial charge in [-0.3, -0.25) is 4.79 Å². The highest BCUT2D eigenvalue weighted by molar-refractivity contribution is 5.89. The second-order valence-electron chi connectivity index (χ2n) is 6.80. The molecule has 0 unspecified atom stereocenters. The minimum atomic E-state index is 0. The van der Waals surface area contributed by atoms with Crippen molar-refractivity contribution in [3.8, 4) is 0 Å². The zero-order chi connectivity index (χ0) is 15.3. The van der Waals surface area contributed by atoms with Crippen LogP contribution in [0.1, 0.15) is 16.7 Å². The number of benzene rings is 1. The molecule has 0 radical (unpaired) electrons. The number of aryl methyl sites for hydroxylation is 2. The number of carbonyl (C=O) groups is 1. The summed E-state index contributed by atoms with van der Waals surface area (Å²) in [6.07, 6.45) is 2.20. The number of likely N-dealkylation sites (tertiary alicyclic amines) is 1. The van der Waals surface area contributed by atoms with E-state index in [9.17, 15) is 4.79 Å². The van der Waals surface area contributed by atoms with E-state index in [0.717, 1.165) is 48.3 Å². The number of nitrogens with zero attached hydrogens (tertiary/aromatic N) is 1. The summed E-state index contributed by atoms with van der Waals surface area (Å²) in [4.78, 5) is 14.6. The molecule has 1 aromatic heterocycles.